The van der Waals surface area contributed by atoms with Crippen molar-refractivity contribution < 1.29 is 9.59 Å². The van der Waals surface area contributed by atoms with E-state index >= 15 is 0 Å². The van der Waals surface area contributed by atoms with Crippen LogP contribution in [0.2, 0.25) is 0 Å². The van der Waals surface area contributed by atoms with Gasteiger partial charge in [0.1, 0.15) is 0 Å². The Morgan fingerprint density at radius 2 is 2.36 bits per heavy atom. The lowest BCUT2D eigenvalue weighted by Gasteiger charge is -1.94. The minimum atomic E-state index is -0.879. The lowest BCUT2D eigenvalue weighted by molar-refractivity contribution is 0.0966. The summed E-state index contributed by atoms with van der Waals surface area (Å²) in [5.74, 6) is -0.564. The molecule has 0 aliphatic heterocycles. The molecule has 0 fully saturated rings. The van der Waals surface area contributed by atoms with Crippen LogP contribution in [0.4, 0.5) is 4.79 Å². The number of H-pyrrole nitrogens is 1. The minimum Gasteiger partial charge on any atom is -0.351 e. The Kier molecular flexibility index (Phi) is 1.86. The van der Waals surface area contributed by atoms with Gasteiger partial charge in [0.15, 0.2) is 0 Å². The van der Waals surface area contributed by atoms with Gasteiger partial charge in [0.25, 0.3) is 5.91 Å². The van der Waals surface area contributed by atoms with Gasteiger partial charge in [0, 0.05) is 6.20 Å². The fraction of sp³-hybridized carbons (Fsp3) is 0. The summed E-state index contributed by atoms with van der Waals surface area (Å²) < 4.78 is 0. The molecule has 6 nitrogen and oxygen atoms in total. The highest BCUT2D eigenvalue weighted by molar-refractivity contribution is 6.03. The van der Waals surface area contributed by atoms with Crippen molar-refractivity contribution in [3.8, 4) is 0 Å². The zero-order valence-electron chi connectivity index (χ0n) is 5.50. The average molecular weight is 154 g/mol. The van der Waals surface area contributed by atoms with Crippen molar-refractivity contribution in [1.82, 2.24) is 15.5 Å². The Hall–Kier alpha value is -1.85. The van der Waals surface area contributed by atoms with E-state index in [0.29, 0.717) is 0 Å². The summed E-state index contributed by atoms with van der Waals surface area (Å²) in [6.07, 6.45) is 2.65. The van der Waals surface area contributed by atoms with E-state index in [1.807, 2.05) is 5.32 Å². The van der Waals surface area contributed by atoms with Crippen LogP contribution >= 0.6 is 0 Å². The summed E-state index contributed by atoms with van der Waals surface area (Å²) in [4.78, 5) is 21.0. The molecular weight excluding hydrogens is 148 g/mol. The Labute approximate surface area is 61.8 Å². The number of aromatic amines is 1. The highest BCUT2D eigenvalue weighted by Crippen LogP contribution is 1.91. The molecule has 3 amide bonds. The van der Waals surface area contributed by atoms with Crippen molar-refractivity contribution in [2.45, 2.75) is 0 Å². The lowest BCUT2D eigenvalue weighted by atomic mass is 10.3. The van der Waals surface area contributed by atoms with Crippen LogP contribution in [-0.2, 0) is 0 Å². The van der Waals surface area contributed by atoms with Gasteiger partial charge in [-0.2, -0.15) is 5.10 Å². The quantitative estimate of drug-likeness (QED) is 0.494. The van der Waals surface area contributed by atoms with Crippen LogP contribution in [0.5, 0.6) is 0 Å². The van der Waals surface area contributed by atoms with Crippen molar-refractivity contribution in [1.29, 1.82) is 0 Å². The van der Waals surface area contributed by atoms with Gasteiger partial charge in [0.05, 0.1) is 11.8 Å². The molecule has 0 aromatic carbocycles. The number of nitrogens with one attached hydrogen (secondary N) is 2. The third kappa shape index (κ3) is 1.78. The summed E-state index contributed by atoms with van der Waals surface area (Å²) in [5.41, 5.74) is 4.97. The fourth-order valence-electron chi connectivity index (χ4n) is 0.559. The van der Waals surface area contributed by atoms with E-state index in [1.165, 1.54) is 12.4 Å². The van der Waals surface area contributed by atoms with Crippen LogP contribution < -0.4 is 11.1 Å². The van der Waals surface area contributed by atoms with Crippen molar-refractivity contribution in [2.24, 2.45) is 5.73 Å². The van der Waals surface area contributed by atoms with Crippen LogP contribution in [0.25, 0.3) is 0 Å². The van der Waals surface area contributed by atoms with Gasteiger partial charge in [-0.1, -0.05) is 0 Å². The van der Waals surface area contributed by atoms with Crippen LogP contribution in [0.3, 0.4) is 0 Å². The molecule has 0 radical (unpaired) electrons. The summed E-state index contributed by atoms with van der Waals surface area (Å²) in [6, 6.07) is -0.879. The number of aromatic nitrogens is 2. The number of amides is 3. The second kappa shape index (κ2) is 2.82. The number of nitrogens with two attached hydrogens (primary N) is 1. The Bertz CT molecular complexity index is 266. The topological polar surface area (TPSA) is 101 Å². The second-order valence-corrected chi connectivity index (χ2v) is 1.81. The third-order valence-electron chi connectivity index (χ3n) is 0.997. The molecule has 11 heavy (non-hydrogen) atoms. The maximum Gasteiger partial charge on any atom is 0.319 e. The maximum absolute atomic E-state index is 10.8. The first kappa shape index (κ1) is 7.26. The minimum absolute atomic E-state index is 0.267. The van der Waals surface area contributed by atoms with E-state index in [-0.39, 0.29) is 5.56 Å². The van der Waals surface area contributed by atoms with Gasteiger partial charge in [-0.25, -0.2) is 4.79 Å². The molecule has 0 saturated heterocycles. The molecule has 0 bridgehead atoms. The van der Waals surface area contributed by atoms with E-state index in [2.05, 4.69) is 10.2 Å². The van der Waals surface area contributed by atoms with Crippen LogP contribution in [0, 0.1) is 0 Å². The van der Waals surface area contributed by atoms with Gasteiger partial charge in [0.2, 0.25) is 0 Å². The van der Waals surface area contributed by atoms with Gasteiger partial charge < -0.3 is 5.73 Å². The van der Waals surface area contributed by atoms with Crippen molar-refractivity contribution in [3.05, 3.63) is 18.0 Å². The first-order chi connectivity index (χ1) is 5.20. The number of rotatable bonds is 1. The first-order valence-corrected chi connectivity index (χ1v) is 2.79. The number of carbonyl (C=O) groups excluding carboxylic acids is 2. The van der Waals surface area contributed by atoms with Crippen molar-refractivity contribution >= 4 is 11.9 Å². The van der Waals surface area contributed by atoms with Crippen LogP contribution in [0.1, 0.15) is 10.4 Å². The second-order valence-electron chi connectivity index (χ2n) is 1.81. The molecular formula is C5H6N4O2. The zero-order valence-corrected chi connectivity index (χ0v) is 5.50. The highest BCUT2D eigenvalue weighted by Gasteiger charge is 2.07. The molecule has 1 aromatic rings. The van der Waals surface area contributed by atoms with Gasteiger partial charge >= 0.3 is 6.03 Å². The van der Waals surface area contributed by atoms with Crippen LogP contribution in [-0.4, -0.2) is 22.1 Å². The highest BCUT2D eigenvalue weighted by atomic mass is 16.2. The van der Waals surface area contributed by atoms with E-state index in [4.69, 9.17) is 5.73 Å². The molecule has 0 saturated carbocycles. The molecule has 0 unspecified atom stereocenters. The molecule has 58 valence electrons. The number of hydrogen-bond acceptors (Lipinski definition) is 3. The van der Waals surface area contributed by atoms with Gasteiger partial charge in [-0.15, -0.1) is 0 Å². The van der Waals surface area contributed by atoms with Crippen molar-refractivity contribution in [2.75, 3.05) is 0 Å². The van der Waals surface area contributed by atoms with E-state index < -0.39 is 11.9 Å². The maximum atomic E-state index is 10.8. The fourth-order valence-corrected chi connectivity index (χ4v) is 0.559. The lowest BCUT2D eigenvalue weighted by Crippen LogP contribution is -2.34. The van der Waals surface area contributed by atoms with Gasteiger partial charge in [-0.3, -0.25) is 15.2 Å². The number of hydrogen-bond donors (Lipinski definition) is 3. The van der Waals surface area contributed by atoms with Crippen LogP contribution in [0.15, 0.2) is 12.4 Å². The van der Waals surface area contributed by atoms with E-state index in [1.54, 1.807) is 0 Å². The zero-order chi connectivity index (χ0) is 8.27. The summed E-state index contributed by atoms with van der Waals surface area (Å²) in [5, 5.41) is 7.82. The van der Waals surface area contributed by atoms with Gasteiger partial charge in [-0.05, 0) is 0 Å². The number of imide groups is 1. The third-order valence-corrected chi connectivity index (χ3v) is 0.997. The Morgan fingerprint density at radius 3 is 2.82 bits per heavy atom. The molecule has 1 aromatic heterocycles. The first-order valence-electron chi connectivity index (χ1n) is 2.79. The molecule has 1 heterocycles. The molecule has 0 spiro atoms. The van der Waals surface area contributed by atoms with E-state index in [0.717, 1.165) is 0 Å². The summed E-state index contributed by atoms with van der Waals surface area (Å²) in [7, 11) is 0. The number of carbonyl (C=O) groups is 2. The molecule has 1 rings (SSSR count). The smallest absolute Gasteiger partial charge is 0.319 e. The SMILES string of the molecule is NC(=O)NC(=O)c1cn[nH]c1. The predicted molar refractivity (Wildman–Crippen MR) is 35.6 cm³/mol. The average Bonchev–Trinajstić information content (AvgIpc) is 2.35. The number of urea groups is 1. The largest absolute Gasteiger partial charge is 0.351 e. The summed E-state index contributed by atoms with van der Waals surface area (Å²) >= 11 is 0. The normalized spacial score (nSPS) is 9.09. The Morgan fingerprint density at radius 1 is 1.64 bits per heavy atom. The predicted octanol–water partition coefficient (Wildman–Crippen LogP) is -0.782. The molecule has 6 heteroatoms. The molecule has 0 aliphatic carbocycles. The standard InChI is InChI=1S/C5H6N4O2/c6-5(11)9-4(10)3-1-7-8-2-3/h1-2H,(H,7,8)(H3,6,9,10,11). The summed E-state index contributed by atoms with van der Waals surface area (Å²) in [6.45, 7) is 0. The Balaban J connectivity index is 2.64. The van der Waals surface area contributed by atoms with Crippen molar-refractivity contribution in [3.63, 3.8) is 0 Å². The molecule has 0 atom stereocenters. The number of primary amides is 1. The molecule has 0 aliphatic rings. The molecule has 4 N–H and O–H groups in total. The number of nitrogens with zero attached hydrogens (tertiary/aromatic N) is 1. The monoisotopic (exact) mass is 154 g/mol. The van der Waals surface area contributed by atoms with E-state index in [9.17, 15) is 9.59 Å².